The Balaban J connectivity index is 1.55. The van der Waals surface area contributed by atoms with Crippen molar-refractivity contribution >= 4 is 28.8 Å². The minimum absolute atomic E-state index is 0.617. The lowest BCUT2D eigenvalue weighted by atomic mass is 10.0. The molecule has 0 atom stereocenters. The van der Waals surface area contributed by atoms with Crippen LogP contribution in [0.3, 0.4) is 0 Å². The molecule has 0 aliphatic rings. The van der Waals surface area contributed by atoms with Crippen LogP contribution in [0.1, 0.15) is 33.9 Å². The van der Waals surface area contributed by atoms with Crippen LogP contribution in [0.15, 0.2) is 53.9 Å². The molecular formula is C24H23ClN4S. The summed E-state index contributed by atoms with van der Waals surface area (Å²) < 4.78 is 0. The molecule has 4 nitrogen and oxygen atoms in total. The zero-order chi connectivity index (χ0) is 21.1. The van der Waals surface area contributed by atoms with Gasteiger partial charge < -0.3 is 5.32 Å². The van der Waals surface area contributed by atoms with Crippen LogP contribution in [-0.2, 0) is 13.0 Å². The zero-order valence-electron chi connectivity index (χ0n) is 17.2. The summed E-state index contributed by atoms with van der Waals surface area (Å²) in [6, 6.07) is 16.2. The first-order valence-corrected chi connectivity index (χ1v) is 11.1. The van der Waals surface area contributed by atoms with Gasteiger partial charge in [0.1, 0.15) is 16.6 Å². The molecule has 0 saturated carbocycles. The number of nitrogens with zero attached hydrogens (tertiary/aromatic N) is 3. The van der Waals surface area contributed by atoms with E-state index in [0.29, 0.717) is 6.54 Å². The largest absolute Gasteiger partial charge is 0.364 e. The Morgan fingerprint density at radius 1 is 0.933 bits per heavy atom. The van der Waals surface area contributed by atoms with E-state index >= 15 is 0 Å². The van der Waals surface area contributed by atoms with E-state index in [0.717, 1.165) is 45.0 Å². The SMILES string of the molecule is Cc1nc(C)c(Cc2ccc(Cl)cc2)c(NCc2csc(-c3ccccc3C)n2)n1. The van der Waals surface area contributed by atoms with Crippen molar-refractivity contribution in [1.82, 2.24) is 15.0 Å². The van der Waals surface area contributed by atoms with Gasteiger partial charge in [-0.15, -0.1) is 11.3 Å². The van der Waals surface area contributed by atoms with Crippen LogP contribution in [0.25, 0.3) is 10.6 Å². The quantitative estimate of drug-likeness (QED) is 0.382. The van der Waals surface area contributed by atoms with Crippen molar-refractivity contribution in [1.29, 1.82) is 0 Å². The third-order valence-electron chi connectivity index (χ3n) is 4.98. The van der Waals surface area contributed by atoms with Crippen molar-refractivity contribution in [3.63, 3.8) is 0 Å². The lowest BCUT2D eigenvalue weighted by Gasteiger charge is -2.14. The predicted molar refractivity (Wildman–Crippen MR) is 125 cm³/mol. The molecule has 30 heavy (non-hydrogen) atoms. The van der Waals surface area contributed by atoms with Crippen LogP contribution in [0, 0.1) is 20.8 Å². The van der Waals surface area contributed by atoms with Crippen LogP contribution in [0.5, 0.6) is 0 Å². The monoisotopic (exact) mass is 434 g/mol. The number of thiazole rings is 1. The number of rotatable bonds is 6. The van der Waals surface area contributed by atoms with Gasteiger partial charge in [-0.2, -0.15) is 0 Å². The fourth-order valence-electron chi connectivity index (χ4n) is 3.40. The summed E-state index contributed by atoms with van der Waals surface area (Å²) in [5.74, 6) is 1.62. The molecule has 2 aromatic carbocycles. The van der Waals surface area contributed by atoms with Crippen LogP contribution in [0.2, 0.25) is 5.02 Å². The Morgan fingerprint density at radius 2 is 1.70 bits per heavy atom. The summed E-state index contributed by atoms with van der Waals surface area (Å²) >= 11 is 7.70. The van der Waals surface area contributed by atoms with Crippen molar-refractivity contribution in [2.75, 3.05) is 5.32 Å². The topological polar surface area (TPSA) is 50.7 Å². The van der Waals surface area contributed by atoms with E-state index in [1.54, 1.807) is 11.3 Å². The Morgan fingerprint density at radius 3 is 2.47 bits per heavy atom. The third-order valence-corrected chi connectivity index (χ3v) is 6.16. The van der Waals surface area contributed by atoms with Gasteiger partial charge in [-0.1, -0.05) is 48.0 Å². The van der Waals surface area contributed by atoms with E-state index in [1.165, 1.54) is 16.7 Å². The average Bonchev–Trinajstić information content (AvgIpc) is 3.19. The minimum Gasteiger partial charge on any atom is -0.364 e. The lowest BCUT2D eigenvalue weighted by Crippen LogP contribution is -2.10. The van der Waals surface area contributed by atoms with Gasteiger partial charge in [0, 0.05) is 33.6 Å². The lowest BCUT2D eigenvalue weighted by molar-refractivity contribution is 0.940. The second kappa shape index (κ2) is 8.94. The Hall–Kier alpha value is -2.76. The highest BCUT2D eigenvalue weighted by atomic mass is 35.5. The van der Waals surface area contributed by atoms with E-state index in [-0.39, 0.29) is 0 Å². The number of aryl methyl sites for hydroxylation is 3. The average molecular weight is 435 g/mol. The number of hydrogen-bond donors (Lipinski definition) is 1. The molecular weight excluding hydrogens is 412 g/mol. The number of nitrogens with one attached hydrogen (secondary N) is 1. The highest BCUT2D eigenvalue weighted by molar-refractivity contribution is 7.13. The normalized spacial score (nSPS) is 10.9. The zero-order valence-corrected chi connectivity index (χ0v) is 18.8. The van der Waals surface area contributed by atoms with Gasteiger partial charge in [0.05, 0.1) is 12.2 Å². The van der Waals surface area contributed by atoms with E-state index in [2.05, 4.69) is 51.9 Å². The van der Waals surface area contributed by atoms with Crippen LogP contribution in [-0.4, -0.2) is 15.0 Å². The van der Waals surface area contributed by atoms with Crippen molar-refractivity contribution < 1.29 is 0 Å². The maximum Gasteiger partial charge on any atom is 0.133 e. The molecule has 152 valence electrons. The highest BCUT2D eigenvalue weighted by Crippen LogP contribution is 2.27. The molecule has 1 N–H and O–H groups in total. The smallest absolute Gasteiger partial charge is 0.133 e. The van der Waals surface area contributed by atoms with Gasteiger partial charge in [0.2, 0.25) is 0 Å². The molecule has 2 aromatic heterocycles. The number of halogens is 1. The number of hydrogen-bond acceptors (Lipinski definition) is 5. The van der Waals surface area contributed by atoms with E-state index in [9.17, 15) is 0 Å². The van der Waals surface area contributed by atoms with Crippen LogP contribution >= 0.6 is 22.9 Å². The Kier molecular flexibility index (Phi) is 6.11. The van der Waals surface area contributed by atoms with Gasteiger partial charge in [-0.25, -0.2) is 15.0 Å². The molecule has 0 radical (unpaired) electrons. The molecule has 0 saturated heterocycles. The standard InChI is InChI=1S/C24H23ClN4S/c1-15-6-4-5-7-21(15)24-29-20(14-30-24)13-26-23-22(16(2)27-17(3)28-23)12-18-8-10-19(25)11-9-18/h4-11,14H,12-13H2,1-3H3,(H,26,27,28). The number of aromatic nitrogens is 3. The second-order valence-electron chi connectivity index (χ2n) is 7.30. The summed E-state index contributed by atoms with van der Waals surface area (Å²) in [6.07, 6.45) is 0.747. The Labute approximate surface area is 186 Å². The molecule has 0 aliphatic heterocycles. The molecule has 2 heterocycles. The van der Waals surface area contributed by atoms with Crippen LogP contribution < -0.4 is 5.32 Å². The third kappa shape index (κ3) is 4.69. The number of benzene rings is 2. The maximum atomic E-state index is 6.03. The molecule has 0 fully saturated rings. The van der Waals surface area contributed by atoms with Crippen LogP contribution in [0.4, 0.5) is 5.82 Å². The first kappa shape index (κ1) is 20.5. The van der Waals surface area contributed by atoms with E-state index in [4.69, 9.17) is 16.6 Å². The summed E-state index contributed by atoms with van der Waals surface area (Å²) in [5, 5.41) is 7.38. The molecule has 0 amide bonds. The van der Waals surface area contributed by atoms with Crippen molar-refractivity contribution in [2.45, 2.75) is 33.7 Å². The number of anilines is 1. The molecule has 0 unspecified atom stereocenters. The van der Waals surface area contributed by atoms with Gasteiger partial charge in [-0.05, 0) is 44.0 Å². The second-order valence-corrected chi connectivity index (χ2v) is 8.59. The fraction of sp³-hybridized carbons (Fsp3) is 0.208. The molecule has 6 heteroatoms. The first-order valence-electron chi connectivity index (χ1n) is 9.82. The summed E-state index contributed by atoms with van der Waals surface area (Å²) in [7, 11) is 0. The van der Waals surface area contributed by atoms with Crippen molar-refractivity contribution in [2.24, 2.45) is 0 Å². The summed E-state index contributed by atoms with van der Waals surface area (Å²) in [5.41, 5.74) is 6.68. The van der Waals surface area contributed by atoms with Gasteiger partial charge in [0.25, 0.3) is 0 Å². The Bertz CT molecular complexity index is 1170. The highest BCUT2D eigenvalue weighted by Gasteiger charge is 2.13. The molecule has 4 rings (SSSR count). The molecule has 0 spiro atoms. The molecule has 0 bridgehead atoms. The summed E-state index contributed by atoms with van der Waals surface area (Å²) in [4.78, 5) is 14.1. The van der Waals surface area contributed by atoms with Gasteiger partial charge in [0.15, 0.2) is 0 Å². The van der Waals surface area contributed by atoms with Crippen molar-refractivity contribution in [3.05, 3.63) is 92.8 Å². The van der Waals surface area contributed by atoms with E-state index in [1.807, 2.05) is 38.1 Å². The fourth-order valence-corrected chi connectivity index (χ4v) is 4.43. The summed E-state index contributed by atoms with van der Waals surface area (Å²) in [6.45, 7) is 6.68. The predicted octanol–water partition coefficient (Wildman–Crippen LogP) is 6.38. The first-order chi connectivity index (χ1) is 14.5. The molecule has 4 aromatic rings. The molecule has 0 aliphatic carbocycles. The minimum atomic E-state index is 0.617. The van der Waals surface area contributed by atoms with Gasteiger partial charge >= 0.3 is 0 Å². The van der Waals surface area contributed by atoms with Gasteiger partial charge in [-0.3, -0.25) is 0 Å². The maximum absolute atomic E-state index is 6.03. The van der Waals surface area contributed by atoms with Crippen molar-refractivity contribution in [3.8, 4) is 10.6 Å². The van der Waals surface area contributed by atoms with E-state index < -0.39 is 0 Å².